The molecule has 13 atom stereocenters. The van der Waals surface area contributed by atoms with E-state index in [4.69, 9.17) is 38.9 Å². The molecule has 2 unspecified atom stereocenters. The molecule has 0 aromatic heterocycles. The Morgan fingerprint density at radius 1 is 0.817 bits per heavy atom. The Balaban J connectivity index is 2.17. The fraction of sp³-hybridized carbons (Fsp3) is 0.851. The van der Waals surface area contributed by atoms with E-state index in [0.717, 1.165) is 4.90 Å². The number of nitrogens with one attached hydrogen (secondary N) is 5. The van der Waals surface area contributed by atoms with E-state index >= 15 is 0 Å². The van der Waals surface area contributed by atoms with Gasteiger partial charge in [-0.25, -0.2) is 19.2 Å². The van der Waals surface area contributed by atoms with Crippen molar-refractivity contribution in [3.05, 3.63) is 11.8 Å². The maximum absolute atomic E-state index is 13.9. The number of hydrogen-bond acceptors (Lipinski definition) is 19. The summed E-state index contributed by atoms with van der Waals surface area (Å²) in [6, 6.07) is -4.90. The molecule has 71 heavy (non-hydrogen) atoms. The third kappa shape index (κ3) is 19.9. The summed E-state index contributed by atoms with van der Waals surface area (Å²) in [6.07, 6.45) is -11.7. The fourth-order valence-electron chi connectivity index (χ4n) is 8.35. The van der Waals surface area contributed by atoms with Crippen molar-refractivity contribution in [2.75, 3.05) is 39.8 Å². The number of aliphatic hydroxyl groups excluding tert-OH is 4. The average molecular weight is 1020 g/mol. The molecule has 1 saturated carbocycles. The summed E-state index contributed by atoms with van der Waals surface area (Å²) in [5.74, 6) is -1.91. The van der Waals surface area contributed by atoms with E-state index in [1.807, 2.05) is 0 Å². The van der Waals surface area contributed by atoms with Crippen LogP contribution in [0.15, 0.2) is 11.8 Å². The smallest absolute Gasteiger partial charge is 0.410 e. The lowest BCUT2D eigenvalue weighted by atomic mass is 9.72. The lowest BCUT2D eigenvalue weighted by Crippen LogP contribution is -2.71. The lowest BCUT2D eigenvalue weighted by Gasteiger charge is -2.52. The molecule has 12 N–H and O–H groups in total. The maximum Gasteiger partial charge on any atom is 0.410 e. The Bertz CT molecular complexity index is 1810. The Kier molecular flexibility index (Phi) is 21.6. The minimum absolute atomic E-state index is 0.113. The second-order valence-corrected chi connectivity index (χ2v) is 22.7. The zero-order chi connectivity index (χ0) is 54.0. The number of hydrogen-bond donors (Lipinski definition) is 11. The Morgan fingerprint density at radius 3 is 1.92 bits per heavy atom. The largest absolute Gasteiger partial charge is 0.491 e. The zero-order valence-corrected chi connectivity index (χ0v) is 44.0. The molecule has 0 aromatic rings. The Morgan fingerprint density at radius 2 is 1.37 bits per heavy atom. The molecule has 24 heteroatoms. The van der Waals surface area contributed by atoms with Gasteiger partial charge in [-0.15, -0.1) is 0 Å². The molecular formula is C47H85N7O17. The summed E-state index contributed by atoms with van der Waals surface area (Å²) >= 11 is 0. The molecule has 1 aliphatic carbocycles. The topological polar surface area (TPSA) is 341 Å². The van der Waals surface area contributed by atoms with Gasteiger partial charge in [0.25, 0.3) is 5.91 Å². The van der Waals surface area contributed by atoms with Gasteiger partial charge in [0.05, 0.1) is 50.0 Å². The van der Waals surface area contributed by atoms with Gasteiger partial charge in [-0.3, -0.25) is 4.79 Å². The van der Waals surface area contributed by atoms with Gasteiger partial charge in [0.1, 0.15) is 58.2 Å². The first-order valence-corrected chi connectivity index (χ1v) is 24.2. The summed E-state index contributed by atoms with van der Waals surface area (Å²) in [6.45, 7) is 20.8. The Labute approximate surface area is 417 Å². The molecule has 0 bridgehead atoms. The number of aliphatic hydroxyl groups is 5. The van der Waals surface area contributed by atoms with Crippen LogP contribution in [0.3, 0.4) is 0 Å². The maximum atomic E-state index is 13.9. The fourth-order valence-corrected chi connectivity index (χ4v) is 8.35. The molecule has 0 radical (unpaired) electrons. The van der Waals surface area contributed by atoms with Crippen molar-refractivity contribution in [2.45, 2.75) is 211 Å². The van der Waals surface area contributed by atoms with Crippen molar-refractivity contribution in [3.8, 4) is 0 Å². The first-order valence-electron chi connectivity index (χ1n) is 24.2. The quantitative estimate of drug-likeness (QED) is 0.0714. The van der Waals surface area contributed by atoms with Gasteiger partial charge in [-0.05, 0) is 128 Å². The highest BCUT2D eigenvalue weighted by Gasteiger charge is 2.56. The van der Waals surface area contributed by atoms with Gasteiger partial charge < -0.3 is 95.9 Å². The number of amides is 5. The van der Waals surface area contributed by atoms with Crippen molar-refractivity contribution < 1.29 is 82.7 Å². The van der Waals surface area contributed by atoms with Crippen molar-refractivity contribution in [2.24, 2.45) is 11.7 Å². The lowest BCUT2D eigenvalue weighted by molar-refractivity contribution is -0.305. The highest BCUT2D eigenvalue weighted by atomic mass is 16.7. The number of carbonyl (C=O) groups excluding carboxylic acids is 5. The molecule has 3 rings (SSSR count). The van der Waals surface area contributed by atoms with E-state index in [1.165, 1.54) is 14.0 Å². The van der Waals surface area contributed by atoms with E-state index in [0.29, 0.717) is 25.1 Å². The van der Waals surface area contributed by atoms with E-state index in [-0.39, 0.29) is 25.9 Å². The van der Waals surface area contributed by atoms with Crippen LogP contribution in [-0.4, -0.2) is 196 Å². The predicted molar refractivity (Wildman–Crippen MR) is 256 cm³/mol. The summed E-state index contributed by atoms with van der Waals surface area (Å²) in [4.78, 5) is 67.9. The molecule has 2 fully saturated rings. The zero-order valence-electron chi connectivity index (χ0n) is 44.0. The van der Waals surface area contributed by atoms with E-state index < -0.39 is 144 Å². The van der Waals surface area contributed by atoms with Crippen LogP contribution in [-0.2, 0) is 38.0 Å². The van der Waals surface area contributed by atoms with Crippen LogP contribution < -0.4 is 32.3 Å². The Hall–Kier alpha value is -4.27. The molecule has 1 saturated heterocycles. The van der Waals surface area contributed by atoms with Crippen molar-refractivity contribution in [3.63, 3.8) is 0 Å². The van der Waals surface area contributed by atoms with Gasteiger partial charge in [0.2, 0.25) is 0 Å². The predicted octanol–water partition coefficient (Wildman–Crippen LogP) is 0.975. The number of ether oxygens (including phenoxy) is 7. The van der Waals surface area contributed by atoms with Crippen LogP contribution in [0.25, 0.3) is 0 Å². The molecule has 410 valence electrons. The van der Waals surface area contributed by atoms with Gasteiger partial charge in [0.15, 0.2) is 6.29 Å². The summed E-state index contributed by atoms with van der Waals surface area (Å²) in [7, 11) is 1.31. The minimum atomic E-state index is -1.89. The first kappa shape index (κ1) is 61.0. The minimum Gasteiger partial charge on any atom is -0.491 e. The number of likely N-dealkylation sites (N-methyl/N-ethyl adjacent to an activating group) is 1. The highest BCUT2D eigenvalue weighted by molar-refractivity contribution is 5.82. The summed E-state index contributed by atoms with van der Waals surface area (Å²) in [5.41, 5.74) is -0.0744. The molecule has 2 aliphatic heterocycles. The monoisotopic (exact) mass is 1020 g/mol. The number of carbonyl (C=O) groups is 5. The number of alkyl carbamates (subject to hydrolysis) is 3. The van der Waals surface area contributed by atoms with Gasteiger partial charge >= 0.3 is 24.4 Å². The van der Waals surface area contributed by atoms with Crippen LogP contribution in [0, 0.1) is 5.92 Å². The molecule has 24 nitrogen and oxygen atoms in total. The van der Waals surface area contributed by atoms with E-state index in [9.17, 15) is 49.5 Å². The third-order valence-corrected chi connectivity index (χ3v) is 11.3. The molecule has 3 aliphatic rings. The first-order chi connectivity index (χ1) is 32.5. The molecular weight excluding hydrogens is 935 g/mol. The summed E-state index contributed by atoms with van der Waals surface area (Å²) < 4.78 is 41.1. The second kappa shape index (κ2) is 25.1. The normalized spacial score (nSPS) is 29.2. The molecule has 0 aromatic carbocycles. The SMILES string of the molecule is CN(C(=O)OC(C)(C)C)[C@@H]1[C@@H](O)[C@@H](O[C@@H]2[C@@H](O)[C@H](C3OC(CNCCCC(O)CN)=CC[C@H]3NC(=O)OC(C)(C)C)[C@@H](NC(=O)OC(C)(C)C)C[C@H]2NC(=O)[C@@H](O)CNC(=O)OC(C)(C)C)OC[C@]1(C)O. The number of nitrogens with two attached hydrogens (primary N) is 1. The number of nitrogens with zero attached hydrogens (tertiary/aromatic N) is 1. The number of rotatable bonds is 17. The van der Waals surface area contributed by atoms with E-state index in [1.54, 1.807) is 89.2 Å². The van der Waals surface area contributed by atoms with Gasteiger partial charge in [0, 0.05) is 25.6 Å². The van der Waals surface area contributed by atoms with Crippen LogP contribution in [0.2, 0.25) is 0 Å². The van der Waals surface area contributed by atoms with Crippen LogP contribution >= 0.6 is 0 Å². The average Bonchev–Trinajstić information content (AvgIpc) is 3.19. The molecule has 0 spiro atoms. The van der Waals surface area contributed by atoms with Crippen LogP contribution in [0.5, 0.6) is 0 Å². The van der Waals surface area contributed by atoms with Crippen molar-refractivity contribution in [1.29, 1.82) is 0 Å². The second-order valence-electron chi connectivity index (χ2n) is 22.7. The standard InChI is InChI=1S/C47H85N7O17/c1-43(2,3)68-39(60)50-23-30(56)37(59)51-29-20-28(53-41(62)70-45(7,8)9)31(32(57)35(29)67-38-33(58)36(47(13,64)24-65-38)54(14)42(63)71-46(10,11)12)34-27(52-40(61)69-44(4,5)6)18-17-26(66-34)22-49-19-15-16-25(55)21-48/h17,25,27-36,38,49,55-58,64H,15-16,18-24,48H2,1-14H3,(H,50,60)(H,51,59)(H,52,61)(H,53,62)/t25?,27-,28+,29-,30+,31-,32+,33-,34?,35+,36-,38-,47+/m1/s1. The molecule has 5 amide bonds. The third-order valence-electron chi connectivity index (χ3n) is 11.3. The van der Waals surface area contributed by atoms with Crippen molar-refractivity contribution >= 4 is 30.3 Å². The molecule has 2 heterocycles. The van der Waals surface area contributed by atoms with Crippen LogP contribution in [0.1, 0.15) is 116 Å². The van der Waals surface area contributed by atoms with Crippen molar-refractivity contribution in [1.82, 2.24) is 31.5 Å². The highest BCUT2D eigenvalue weighted by Crippen LogP contribution is 2.39. The summed E-state index contributed by atoms with van der Waals surface area (Å²) in [5, 5.41) is 71.3. The van der Waals surface area contributed by atoms with Crippen LogP contribution in [0.4, 0.5) is 19.2 Å². The van der Waals surface area contributed by atoms with E-state index in [2.05, 4.69) is 26.6 Å². The van der Waals surface area contributed by atoms with Gasteiger partial charge in [-0.1, -0.05) is 0 Å². The van der Waals surface area contributed by atoms with Gasteiger partial charge in [-0.2, -0.15) is 0 Å².